The molecule has 1 aliphatic rings. The van der Waals surface area contributed by atoms with E-state index in [0.29, 0.717) is 6.42 Å². The van der Waals surface area contributed by atoms with Gasteiger partial charge < -0.3 is 19.5 Å². The number of esters is 2. The van der Waals surface area contributed by atoms with Gasteiger partial charge in [-0.3, -0.25) is 14.4 Å². The van der Waals surface area contributed by atoms with Gasteiger partial charge in [-0.15, -0.1) is 0 Å². The molecule has 7 nitrogen and oxygen atoms in total. The molecule has 0 saturated carbocycles. The minimum absolute atomic E-state index is 0.00513. The first-order valence-electron chi connectivity index (χ1n) is 8.01. The number of rotatable bonds is 6. The van der Waals surface area contributed by atoms with E-state index in [9.17, 15) is 14.4 Å². The number of hydrogen-bond acceptors (Lipinski definition) is 6. The number of nitrogens with one attached hydrogen (secondary N) is 1. The summed E-state index contributed by atoms with van der Waals surface area (Å²) < 4.78 is 16.0. The van der Waals surface area contributed by atoms with E-state index in [0.717, 1.165) is 6.42 Å². The van der Waals surface area contributed by atoms with Gasteiger partial charge in [0.25, 0.3) is 0 Å². The summed E-state index contributed by atoms with van der Waals surface area (Å²) in [7, 11) is 0. The largest absolute Gasteiger partial charge is 0.463 e. The SMILES string of the molecule is CCCC(=O)N[C@@H]1C(OC(C)=O)OC(COC(C)=O)[C@@H](C)C1C. The van der Waals surface area contributed by atoms with E-state index in [2.05, 4.69) is 5.32 Å². The van der Waals surface area contributed by atoms with Crippen molar-refractivity contribution in [2.24, 2.45) is 11.8 Å². The van der Waals surface area contributed by atoms with Crippen molar-refractivity contribution in [2.45, 2.75) is 65.9 Å². The highest BCUT2D eigenvalue weighted by Crippen LogP contribution is 2.31. The first-order valence-corrected chi connectivity index (χ1v) is 8.01. The Labute approximate surface area is 137 Å². The monoisotopic (exact) mass is 329 g/mol. The summed E-state index contributed by atoms with van der Waals surface area (Å²) in [6, 6.07) is -0.429. The maximum atomic E-state index is 11.9. The number of hydrogen-bond donors (Lipinski definition) is 1. The Bertz CT molecular complexity index is 438. The summed E-state index contributed by atoms with van der Waals surface area (Å²) in [6.45, 7) is 8.55. The molecular weight excluding hydrogens is 302 g/mol. The molecule has 1 saturated heterocycles. The zero-order valence-corrected chi connectivity index (χ0v) is 14.5. The lowest BCUT2D eigenvalue weighted by molar-refractivity contribution is -0.238. The molecule has 0 radical (unpaired) electrons. The number of ether oxygens (including phenoxy) is 3. The Morgan fingerprint density at radius 3 is 2.26 bits per heavy atom. The van der Waals surface area contributed by atoms with Crippen LogP contribution in [0, 0.1) is 11.8 Å². The molecule has 0 bridgehead atoms. The maximum Gasteiger partial charge on any atom is 0.305 e. The second-order valence-electron chi connectivity index (χ2n) is 6.02. The molecule has 3 unspecified atom stereocenters. The van der Waals surface area contributed by atoms with Crippen LogP contribution in [0.1, 0.15) is 47.5 Å². The van der Waals surface area contributed by atoms with Crippen LogP contribution in [0.3, 0.4) is 0 Å². The highest BCUT2D eigenvalue weighted by Gasteiger charge is 2.44. The molecule has 0 spiro atoms. The maximum absolute atomic E-state index is 11.9. The Hall–Kier alpha value is -1.63. The lowest BCUT2D eigenvalue weighted by Crippen LogP contribution is -2.59. The topological polar surface area (TPSA) is 90.9 Å². The van der Waals surface area contributed by atoms with Gasteiger partial charge in [0.15, 0.2) is 0 Å². The van der Waals surface area contributed by atoms with Crippen LogP contribution in [0.25, 0.3) is 0 Å². The minimum Gasteiger partial charge on any atom is -0.463 e. The van der Waals surface area contributed by atoms with E-state index < -0.39 is 30.4 Å². The predicted octanol–water partition coefficient (Wildman–Crippen LogP) is 1.39. The molecule has 1 heterocycles. The van der Waals surface area contributed by atoms with Crippen molar-refractivity contribution < 1.29 is 28.6 Å². The fourth-order valence-electron chi connectivity index (χ4n) is 2.63. The van der Waals surface area contributed by atoms with E-state index >= 15 is 0 Å². The van der Waals surface area contributed by atoms with Crippen LogP contribution < -0.4 is 5.32 Å². The van der Waals surface area contributed by atoms with Crippen LogP contribution in [0.4, 0.5) is 0 Å². The highest BCUT2D eigenvalue weighted by molar-refractivity contribution is 5.76. The summed E-state index contributed by atoms with van der Waals surface area (Å²) in [5, 5.41) is 2.89. The predicted molar refractivity (Wildman–Crippen MR) is 82.2 cm³/mol. The lowest BCUT2D eigenvalue weighted by Gasteiger charge is -2.43. The van der Waals surface area contributed by atoms with E-state index in [1.807, 2.05) is 20.8 Å². The van der Waals surface area contributed by atoms with Crippen molar-refractivity contribution in [2.75, 3.05) is 6.61 Å². The molecule has 1 rings (SSSR count). The summed E-state index contributed by atoms with van der Waals surface area (Å²) in [5.74, 6) is -0.966. The first-order chi connectivity index (χ1) is 10.8. The highest BCUT2D eigenvalue weighted by atomic mass is 16.7. The second kappa shape index (κ2) is 8.86. The van der Waals surface area contributed by atoms with Crippen molar-refractivity contribution in [3.63, 3.8) is 0 Å². The quantitative estimate of drug-likeness (QED) is 0.741. The van der Waals surface area contributed by atoms with Gasteiger partial charge in [0.05, 0.1) is 12.1 Å². The van der Waals surface area contributed by atoms with Crippen LogP contribution in [-0.4, -0.2) is 42.9 Å². The van der Waals surface area contributed by atoms with E-state index in [-0.39, 0.29) is 24.3 Å². The smallest absolute Gasteiger partial charge is 0.305 e. The van der Waals surface area contributed by atoms with Gasteiger partial charge >= 0.3 is 11.9 Å². The van der Waals surface area contributed by atoms with Gasteiger partial charge in [-0.05, 0) is 18.3 Å². The summed E-state index contributed by atoms with van der Waals surface area (Å²) >= 11 is 0. The molecule has 1 N–H and O–H groups in total. The van der Waals surface area contributed by atoms with Crippen molar-refractivity contribution in [1.29, 1.82) is 0 Å². The molecule has 0 aliphatic carbocycles. The fourth-order valence-corrected chi connectivity index (χ4v) is 2.63. The van der Waals surface area contributed by atoms with E-state index in [4.69, 9.17) is 14.2 Å². The van der Waals surface area contributed by atoms with Gasteiger partial charge in [0.1, 0.15) is 6.61 Å². The Kier molecular flexibility index (Phi) is 7.48. The van der Waals surface area contributed by atoms with Crippen LogP contribution >= 0.6 is 0 Å². The van der Waals surface area contributed by atoms with Gasteiger partial charge in [-0.1, -0.05) is 20.8 Å². The van der Waals surface area contributed by atoms with Crippen LogP contribution in [0.2, 0.25) is 0 Å². The van der Waals surface area contributed by atoms with Crippen LogP contribution in [0.5, 0.6) is 0 Å². The average molecular weight is 329 g/mol. The summed E-state index contributed by atoms with van der Waals surface area (Å²) in [6.07, 6.45) is -0.143. The summed E-state index contributed by atoms with van der Waals surface area (Å²) in [5.41, 5.74) is 0. The Balaban J connectivity index is 2.84. The summed E-state index contributed by atoms with van der Waals surface area (Å²) in [4.78, 5) is 34.2. The molecule has 1 fully saturated rings. The second-order valence-corrected chi connectivity index (χ2v) is 6.02. The fraction of sp³-hybridized carbons (Fsp3) is 0.812. The zero-order valence-electron chi connectivity index (χ0n) is 14.5. The first kappa shape index (κ1) is 19.4. The zero-order chi connectivity index (χ0) is 17.6. The molecule has 1 amide bonds. The Morgan fingerprint density at radius 2 is 1.74 bits per heavy atom. The lowest BCUT2D eigenvalue weighted by atomic mass is 9.82. The molecular formula is C16H27NO6. The third kappa shape index (κ3) is 5.82. The standard InChI is InChI=1S/C16H27NO6/c1-6-7-14(20)17-15-10(3)9(2)13(8-21-11(4)18)23-16(15)22-12(5)19/h9-10,13,15-16H,6-8H2,1-5H3,(H,17,20)/t9-,10?,13?,15-,16?/m0/s1. The normalized spacial score (nSPS) is 30.4. The van der Waals surface area contributed by atoms with E-state index in [1.54, 1.807) is 0 Å². The van der Waals surface area contributed by atoms with Crippen molar-refractivity contribution in [3.8, 4) is 0 Å². The average Bonchev–Trinajstić information content (AvgIpc) is 2.45. The van der Waals surface area contributed by atoms with Gasteiger partial charge in [-0.2, -0.15) is 0 Å². The van der Waals surface area contributed by atoms with Crippen LogP contribution in [-0.2, 0) is 28.6 Å². The van der Waals surface area contributed by atoms with Crippen molar-refractivity contribution >= 4 is 17.8 Å². The molecule has 0 aromatic rings. The molecule has 5 atom stereocenters. The van der Waals surface area contributed by atoms with E-state index in [1.165, 1.54) is 13.8 Å². The van der Waals surface area contributed by atoms with Crippen LogP contribution in [0.15, 0.2) is 0 Å². The van der Waals surface area contributed by atoms with Gasteiger partial charge in [0, 0.05) is 20.3 Å². The third-order valence-electron chi connectivity index (χ3n) is 4.12. The number of carbonyl (C=O) groups is 3. The van der Waals surface area contributed by atoms with Gasteiger partial charge in [-0.25, -0.2) is 0 Å². The minimum atomic E-state index is -0.889. The van der Waals surface area contributed by atoms with Crippen molar-refractivity contribution in [3.05, 3.63) is 0 Å². The molecule has 0 aromatic heterocycles. The number of carbonyl (C=O) groups excluding carboxylic acids is 3. The number of amides is 1. The Morgan fingerprint density at radius 1 is 1.09 bits per heavy atom. The third-order valence-corrected chi connectivity index (χ3v) is 4.12. The molecule has 23 heavy (non-hydrogen) atoms. The van der Waals surface area contributed by atoms with Crippen molar-refractivity contribution in [1.82, 2.24) is 5.32 Å². The molecule has 132 valence electrons. The molecule has 0 aromatic carbocycles. The van der Waals surface area contributed by atoms with Gasteiger partial charge in [0.2, 0.25) is 12.2 Å². The molecule has 7 heteroatoms. The molecule has 1 aliphatic heterocycles.